The molecule has 0 atom stereocenters. The van der Waals surface area contributed by atoms with Crippen molar-refractivity contribution in [3.8, 4) is 16.9 Å². The van der Waals surface area contributed by atoms with E-state index in [0.717, 1.165) is 11.1 Å². The van der Waals surface area contributed by atoms with Gasteiger partial charge in [0.2, 0.25) is 0 Å². The Kier molecular flexibility index (Phi) is 3.10. The average Bonchev–Trinajstić information content (AvgIpc) is 2.38. The van der Waals surface area contributed by atoms with Crippen LogP contribution in [-0.2, 0) is 0 Å². The molecule has 0 aliphatic rings. The number of ether oxygens (including phenoxy) is 1. The molecule has 2 N–H and O–H groups in total. The number of rotatable bonds is 3. The molecule has 1 radical (unpaired) electrons. The molecular formula is C14H12NO2. The molecule has 85 valence electrons. The third-order valence-electron chi connectivity index (χ3n) is 2.48. The fraction of sp³-hybridized carbons (Fsp3) is 0.0714. The van der Waals surface area contributed by atoms with Gasteiger partial charge in [0, 0.05) is 5.56 Å². The molecule has 0 fully saturated rings. The van der Waals surface area contributed by atoms with Gasteiger partial charge >= 0.3 is 0 Å². The van der Waals surface area contributed by atoms with Gasteiger partial charge in [-0.25, -0.2) is 0 Å². The summed E-state index contributed by atoms with van der Waals surface area (Å²) < 4.78 is 5.26. The van der Waals surface area contributed by atoms with E-state index in [1.54, 1.807) is 6.07 Å². The summed E-state index contributed by atoms with van der Waals surface area (Å²) in [6.07, 6.45) is 0. The number of hydrogen-bond donors (Lipinski definition) is 1. The summed E-state index contributed by atoms with van der Waals surface area (Å²) in [5.41, 5.74) is 7.37. The maximum Gasteiger partial charge on any atom is 0.253 e. The summed E-state index contributed by atoms with van der Waals surface area (Å²) in [5.74, 6) is -0.0779. The van der Waals surface area contributed by atoms with Crippen molar-refractivity contribution in [1.82, 2.24) is 0 Å². The Morgan fingerprint density at radius 3 is 2.53 bits per heavy atom. The second-order valence-electron chi connectivity index (χ2n) is 3.53. The summed E-state index contributed by atoms with van der Waals surface area (Å²) in [6.45, 7) is 0. The minimum absolute atomic E-state index is 0.272. The smallest absolute Gasteiger partial charge is 0.253 e. The van der Waals surface area contributed by atoms with Gasteiger partial charge in [0.25, 0.3) is 5.91 Å². The summed E-state index contributed by atoms with van der Waals surface area (Å²) in [5, 5.41) is 0. The van der Waals surface area contributed by atoms with Gasteiger partial charge in [-0.05, 0) is 17.7 Å². The Labute approximate surface area is 99.8 Å². The third kappa shape index (κ3) is 2.13. The lowest BCUT2D eigenvalue weighted by molar-refractivity contribution is 0.0997. The zero-order valence-electron chi connectivity index (χ0n) is 9.44. The molecule has 0 saturated carbocycles. The molecule has 1 amide bonds. The van der Waals surface area contributed by atoms with Gasteiger partial charge in [-0.3, -0.25) is 4.79 Å². The quantitative estimate of drug-likeness (QED) is 0.872. The van der Waals surface area contributed by atoms with E-state index in [0.29, 0.717) is 5.75 Å². The molecule has 2 aromatic rings. The van der Waals surface area contributed by atoms with Gasteiger partial charge in [-0.1, -0.05) is 36.4 Å². The first kappa shape index (κ1) is 11.2. The van der Waals surface area contributed by atoms with Crippen LogP contribution in [-0.4, -0.2) is 13.0 Å². The highest BCUT2D eigenvalue weighted by Gasteiger charge is 2.14. The van der Waals surface area contributed by atoms with E-state index in [9.17, 15) is 4.79 Å². The zero-order valence-corrected chi connectivity index (χ0v) is 9.44. The monoisotopic (exact) mass is 226 g/mol. The number of carbonyl (C=O) groups excluding carboxylic acids is 1. The van der Waals surface area contributed by atoms with Crippen LogP contribution in [0.3, 0.4) is 0 Å². The second-order valence-corrected chi connectivity index (χ2v) is 3.53. The van der Waals surface area contributed by atoms with Crippen molar-refractivity contribution in [3.63, 3.8) is 0 Å². The number of methoxy groups -OCH3 is 1. The lowest BCUT2D eigenvalue weighted by Gasteiger charge is -2.11. The first-order valence-electron chi connectivity index (χ1n) is 5.18. The molecule has 3 nitrogen and oxygen atoms in total. The number of primary amides is 1. The summed E-state index contributed by atoms with van der Waals surface area (Å²) in [6, 6.07) is 16.0. The highest BCUT2D eigenvalue weighted by molar-refractivity contribution is 5.98. The van der Waals surface area contributed by atoms with Crippen molar-refractivity contribution < 1.29 is 9.53 Å². The maximum absolute atomic E-state index is 11.3. The maximum atomic E-state index is 11.3. The fourth-order valence-corrected chi connectivity index (χ4v) is 1.72. The molecule has 3 heteroatoms. The molecule has 0 aliphatic carbocycles. The Morgan fingerprint density at radius 2 is 1.94 bits per heavy atom. The largest absolute Gasteiger partial charge is 0.495 e. The second kappa shape index (κ2) is 4.70. The molecule has 0 saturated heterocycles. The summed E-state index contributed by atoms with van der Waals surface area (Å²) in [4.78, 5) is 11.3. The Morgan fingerprint density at radius 1 is 1.24 bits per heavy atom. The van der Waals surface area contributed by atoms with Crippen LogP contribution in [0.4, 0.5) is 0 Å². The molecule has 0 bridgehead atoms. The molecule has 0 spiro atoms. The molecule has 0 heterocycles. The van der Waals surface area contributed by atoms with Crippen LogP contribution in [0.5, 0.6) is 5.75 Å². The fourth-order valence-electron chi connectivity index (χ4n) is 1.72. The molecule has 17 heavy (non-hydrogen) atoms. The van der Waals surface area contributed by atoms with E-state index in [1.165, 1.54) is 7.11 Å². The predicted molar refractivity (Wildman–Crippen MR) is 65.8 cm³/mol. The van der Waals surface area contributed by atoms with Crippen LogP contribution in [0.2, 0.25) is 0 Å². The Hall–Kier alpha value is -2.29. The highest BCUT2D eigenvalue weighted by atomic mass is 16.5. The van der Waals surface area contributed by atoms with Gasteiger partial charge in [0.05, 0.1) is 12.7 Å². The molecule has 0 aromatic heterocycles. The van der Waals surface area contributed by atoms with E-state index >= 15 is 0 Å². The number of carbonyl (C=O) groups is 1. The van der Waals surface area contributed by atoms with Gasteiger partial charge in [0.1, 0.15) is 5.75 Å². The van der Waals surface area contributed by atoms with E-state index in [1.807, 2.05) is 36.4 Å². The molecular weight excluding hydrogens is 214 g/mol. The van der Waals surface area contributed by atoms with E-state index in [-0.39, 0.29) is 5.56 Å². The minimum Gasteiger partial charge on any atom is -0.495 e. The number of benzene rings is 2. The SMILES string of the molecule is COc1c(C(N)=O)[c]ccc1-c1ccccc1. The zero-order chi connectivity index (χ0) is 12.3. The standard InChI is InChI=1S/C14H12NO2/c1-17-13-11(10-6-3-2-4-7-10)8-5-9-12(13)14(15)16/h2-8H,1H3,(H2,15,16). The summed E-state index contributed by atoms with van der Waals surface area (Å²) >= 11 is 0. The highest BCUT2D eigenvalue weighted by Crippen LogP contribution is 2.32. The van der Waals surface area contributed by atoms with Crippen LogP contribution in [0, 0.1) is 6.07 Å². The first-order valence-corrected chi connectivity index (χ1v) is 5.18. The van der Waals surface area contributed by atoms with Crippen molar-refractivity contribution >= 4 is 5.91 Å². The number of nitrogens with two attached hydrogens (primary N) is 1. The van der Waals surface area contributed by atoms with Crippen LogP contribution in [0.1, 0.15) is 10.4 Å². The van der Waals surface area contributed by atoms with Crippen LogP contribution in [0.15, 0.2) is 42.5 Å². The topological polar surface area (TPSA) is 52.3 Å². The van der Waals surface area contributed by atoms with E-state index in [4.69, 9.17) is 10.5 Å². The number of hydrogen-bond acceptors (Lipinski definition) is 2. The Balaban J connectivity index is 2.63. The normalized spacial score (nSPS) is 9.94. The summed E-state index contributed by atoms with van der Waals surface area (Å²) in [7, 11) is 1.52. The van der Waals surface area contributed by atoms with Crippen molar-refractivity contribution in [3.05, 3.63) is 54.1 Å². The van der Waals surface area contributed by atoms with Gasteiger partial charge in [-0.2, -0.15) is 0 Å². The molecule has 0 aliphatic heterocycles. The van der Waals surface area contributed by atoms with Crippen LogP contribution >= 0.6 is 0 Å². The Bertz CT molecular complexity index is 535. The molecule has 0 unspecified atom stereocenters. The van der Waals surface area contributed by atoms with E-state index in [2.05, 4.69) is 6.07 Å². The first-order chi connectivity index (χ1) is 8.24. The third-order valence-corrected chi connectivity index (χ3v) is 2.48. The van der Waals surface area contributed by atoms with Gasteiger partial charge in [-0.15, -0.1) is 0 Å². The van der Waals surface area contributed by atoms with Crippen LogP contribution in [0.25, 0.3) is 11.1 Å². The van der Waals surface area contributed by atoms with Crippen molar-refractivity contribution in [2.45, 2.75) is 0 Å². The lowest BCUT2D eigenvalue weighted by Crippen LogP contribution is -2.13. The predicted octanol–water partition coefficient (Wildman–Crippen LogP) is 2.26. The average molecular weight is 226 g/mol. The van der Waals surface area contributed by atoms with Crippen molar-refractivity contribution in [1.29, 1.82) is 0 Å². The van der Waals surface area contributed by atoms with Gasteiger partial charge in [0.15, 0.2) is 0 Å². The molecule has 2 rings (SSSR count). The number of amides is 1. The van der Waals surface area contributed by atoms with Crippen molar-refractivity contribution in [2.24, 2.45) is 5.73 Å². The van der Waals surface area contributed by atoms with E-state index < -0.39 is 5.91 Å². The minimum atomic E-state index is -0.542. The lowest BCUT2D eigenvalue weighted by atomic mass is 10.0. The molecule has 2 aromatic carbocycles. The van der Waals surface area contributed by atoms with Gasteiger partial charge < -0.3 is 10.5 Å². The van der Waals surface area contributed by atoms with Crippen LogP contribution < -0.4 is 10.5 Å². The van der Waals surface area contributed by atoms with Crippen molar-refractivity contribution in [2.75, 3.05) is 7.11 Å².